The van der Waals surface area contributed by atoms with Crippen LogP contribution in [0.2, 0.25) is 0 Å². The molecule has 0 atom stereocenters. The fraction of sp³-hybridized carbons (Fsp3) is 0.600. The second kappa shape index (κ2) is 12.1. The van der Waals surface area contributed by atoms with E-state index in [-0.39, 0.29) is 17.5 Å². The van der Waals surface area contributed by atoms with Crippen molar-refractivity contribution in [2.75, 3.05) is 6.61 Å². The maximum atomic E-state index is 11.8. The van der Waals surface area contributed by atoms with Crippen LogP contribution in [0.25, 0.3) is 0 Å². The van der Waals surface area contributed by atoms with Gasteiger partial charge in [0.1, 0.15) is 11.2 Å². The molecule has 146 valence electrons. The number of aromatic nitrogens is 2. The van der Waals surface area contributed by atoms with Gasteiger partial charge in [-0.1, -0.05) is 13.3 Å². The number of carbonyl (C=O) groups excluding carboxylic acids is 2. The van der Waals surface area contributed by atoms with Gasteiger partial charge in [-0.3, -0.25) is 9.48 Å². The normalized spacial score (nSPS) is 10.1. The highest BCUT2D eigenvalue weighted by atomic mass is 16.6. The molecule has 0 fully saturated rings. The van der Waals surface area contributed by atoms with Gasteiger partial charge in [0.15, 0.2) is 0 Å². The van der Waals surface area contributed by atoms with E-state index < -0.39 is 0 Å². The fourth-order valence-corrected chi connectivity index (χ4v) is 2.14. The van der Waals surface area contributed by atoms with Crippen LogP contribution in [0.5, 0.6) is 0 Å². The molecular weight excluding hydrogens is 332 g/mol. The summed E-state index contributed by atoms with van der Waals surface area (Å²) in [6.45, 7) is 13.7. The average Bonchev–Trinajstić information content (AvgIpc) is 2.89. The first-order valence-corrected chi connectivity index (χ1v) is 8.93. The summed E-state index contributed by atoms with van der Waals surface area (Å²) in [5.74, 6) is -0.514. The van der Waals surface area contributed by atoms with E-state index in [4.69, 9.17) is 9.47 Å². The number of carbonyl (C=O) groups is 2. The highest BCUT2D eigenvalue weighted by Crippen LogP contribution is 2.13. The van der Waals surface area contributed by atoms with Gasteiger partial charge in [-0.2, -0.15) is 5.10 Å². The molecule has 0 unspecified atom stereocenters. The van der Waals surface area contributed by atoms with Gasteiger partial charge < -0.3 is 9.47 Å². The van der Waals surface area contributed by atoms with Crippen LogP contribution < -0.4 is 0 Å². The van der Waals surface area contributed by atoms with E-state index in [0.29, 0.717) is 18.7 Å². The Morgan fingerprint density at radius 2 is 1.96 bits per heavy atom. The van der Waals surface area contributed by atoms with Crippen LogP contribution in [0.15, 0.2) is 24.1 Å². The molecule has 0 saturated carbocycles. The van der Waals surface area contributed by atoms with Crippen molar-refractivity contribution in [2.24, 2.45) is 0 Å². The first-order chi connectivity index (χ1) is 12.2. The van der Waals surface area contributed by atoms with Crippen molar-refractivity contribution in [3.63, 3.8) is 0 Å². The molecule has 0 aliphatic heterocycles. The number of allylic oxidation sites excluding steroid dienone is 1. The van der Waals surface area contributed by atoms with Gasteiger partial charge in [0, 0.05) is 6.92 Å². The molecule has 0 N–H and O–H groups in total. The summed E-state index contributed by atoms with van der Waals surface area (Å²) in [4.78, 5) is 22.0. The Morgan fingerprint density at radius 1 is 1.31 bits per heavy atom. The Kier molecular flexibility index (Phi) is 11.0. The molecule has 1 heterocycles. The molecule has 0 saturated heterocycles. The summed E-state index contributed by atoms with van der Waals surface area (Å²) in [5, 5.41) is 4.24. The molecule has 1 aromatic rings. The van der Waals surface area contributed by atoms with E-state index in [9.17, 15) is 9.59 Å². The summed E-state index contributed by atoms with van der Waals surface area (Å²) < 4.78 is 11.7. The Balaban J connectivity index is 0.000000660. The Labute approximate surface area is 156 Å². The van der Waals surface area contributed by atoms with Gasteiger partial charge in [-0.15, -0.1) is 5.73 Å². The molecule has 6 nitrogen and oxygen atoms in total. The molecule has 0 aliphatic rings. The van der Waals surface area contributed by atoms with Crippen LogP contribution in [0.1, 0.15) is 70.9 Å². The summed E-state index contributed by atoms with van der Waals surface area (Å²) >= 11 is 0. The fourth-order valence-electron chi connectivity index (χ4n) is 2.14. The van der Waals surface area contributed by atoms with Crippen molar-refractivity contribution in [2.45, 2.75) is 73.5 Å². The lowest BCUT2D eigenvalue weighted by molar-refractivity contribution is -0.151. The third-order valence-electron chi connectivity index (χ3n) is 2.93. The number of hydrogen-bond donors (Lipinski definition) is 0. The lowest BCUT2D eigenvalue weighted by Crippen LogP contribution is -2.21. The molecule has 0 aromatic carbocycles. The lowest BCUT2D eigenvalue weighted by Gasteiger charge is -2.17. The maximum absolute atomic E-state index is 11.8. The summed E-state index contributed by atoms with van der Waals surface area (Å²) in [5.41, 5.74) is 4.19. The van der Waals surface area contributed by atoms with Crippen LogP contribution in [0, 0.1) is 0 Å². The molecule has 0 aliphatic carbocycles. The van der Waals surface area contributed by atoms with E-state index in [1.165, 1.54) is 6.92 Å². The third kappa shape index (κ3) is 9.84. The van der Waals surface area contributed by atoms with Crippen molar-refractivity contribution in [3.05, 3.63) is 35.3 Å². The van der Waals surface area contributed by atoms with Gasteiger partial charge in [0.2, 0.25) is 0 Å². The highest BCUT2D eigenvalue weighted by Gasteiger charge is 2.17. The van der Waals surface area contributed by atoms with Gasteiger partial charge in [-0.25, -0.2) is 4.79 Å². The Bertz CT molecular complexity index is 633. The van der Waals surface area contributed by atoms with Crippen molar-refractivity contribution >= 4 is 11.9 Å². The number of hydrogen-bond acceptors (Lipinski definition) is 5. The van der Waals surface area contributed by atoms with Gasteiger partial charge in [0.25, 0.3) is 0 Å². The predicted molar refractivity (Wildman–Crippen MR) is 102 cm³/mol. The van der Waals surface area contributed by atoms with Crippen LogP contribution in [0.3, 0.4) is 0 Å². The van der Waals surface area contributed by atoms with E-state index in [0.717, 1.165) is 18.5 Å². The van der Waals surface area contributed by atoms with Crippen molar-refractivity contribution in [3.8, 4) is 0 Å². The number of nitrogens with zero attached hydrogens (tertiary/aromatic N) is 2. The molecule has 1 aromatic heterocycles. The van der Waals surface area contributed by atoms with E-state index >= 15 is 0 Å². The molecule has 6 heteroatoms. The number of ether oxygens (including phenoxy) is 2. The molecule has 1 rings (SSSR count). The van der Waals surface area contributed by atoms with Crippen LogP contribution in [-0.2, 0) is 27.2 Å². The Hall–Kier alpha value is -2.33. The second-order valence-corrected chi connectivity index (χ2v) is 6.52. The van der Waals surface area contributed by atoms with Crippen molar-refractivity contribution < 1.29 is 19.1 Å². The molecule has 0 spiro atoms. The van der Waals surface area contributed by atoms with Crippen LogP contribution >= 0.6 is 0 Å². The van der Waals surface area contributed by atoms with E-state index in [2.05, 4.69) is 17.8 Å². The standard InChI is InChI=1S/C14H20N2O2.C6H12O2/c1-4-7-8-10-16-13(9-5-2)12(11-15-16)14(17)18-6-3;1-5(7)8-6(2,3)4/h4,8,11H,5-6,9-10H2,1-3H3;1-4H3. The topological polar surface area (TPSA) is 70.4 Å². The minimum Gasteiger partial charge on any atom is -0.462 e. The van der Waals surface area contributed by atoms with Gasteiger partial charge in [0.05, 0.1) is 25.0 Å². The van der Waals surface area contributed by atoms with Crippen molar-refractivity contribution in [1.82, 2.24) is 9.78 Å². The Morgan fingerprint density at radius 3 is 2.38 bits per heavy atom. The third-order valence-corrected chi connectivity index (χ3v) is 2.93. The maximum Gasteiger partial charge on any atom is 0.341 e. The zero-order valence-corrected chi connectivity index (χ0v) is 17.1. The predicted octanol–water partition coefficient (Wildman–Crippen LogP) is 4.09. The molecule has 26 heavy (non-hydrogen) atoms. The minimum atomic E-state index is -0.328. The zero-order chi connectivity index (χ0) is 20.2. The van der Waals surface area contributed by atoms with E-state index in [1.54, 1.807) is 13.1 Å². The monoisotopic (exact) mass is 364 g/mol. The van der Waals surface area contributed by atoms with Gasteiger partial charge >= 0.3 is 11.9 Å². The summed E-state index contributed by atoms with van der Waals surface area (Å²) in [6.07, 6.45) is 7.10. The van der Waals surface area contributed by atoms with Crippen molar-refractivity contribution in [1.29, 1.82) is 0 Å². The minimum absolute atomic E-state index is 0.225. The molecule has 0 bridgehead atoms. The molecular formula is C20H32N2O4. The molecule has 0 radical (unpaired) electrons. The largest absolute Gasteiger partial charge is 0.462 e. The van der Waals surface area contributed by atoms with Gasteiger partial charge in [-0.05, 0) is 53.2 Å². The SMILES string of the molecule is CC(=O)OC(C)(C)C.CC=C=CCn1ncc(C(=O)OCC)c1CCC. The summed E-state index contributed by atoms with van der Waals surface area (Å²) in [7, 11) is 0. The number of rotatable bonds is 6. The lowest BCUT2D eigenvalue weighted by atomic mass is 10.1. The molecule has 0 amide bonds. The van der Waals surface area contributed by atoms with Crippen LogP contribution in [-0.4, -0.2) is 33.9 Å². The quantitative estimate of drug-likeness (QED) is 0.561. The highest BCUT2D eigenvalue weighted by molar-refractivity contribution is 5.90. The van der Waals surface area contributed by atoms with Crippen LogP contribution in [0.4, 0.5) is 0 Å². The number of esters is 2. The van der Waals surface area contributed by atoms with E-state index in [1.807, 2.05) is 44.5 Å². The first-order valence-electron chi connectivity index (χ1n) is 8.93. The first kappa shape index (κ1) is 23.7. The second-order valence-electron chi connectivity index (χ2n) is 6.52. The summed E-state index contributed by atoms with van der Waals surface area (Å²) in [6, 6.07) is 0. The smallest absolute Gasteiger partial charge is 0.341 e. The zero-order valence-electron chi connectivity index (χ0n) is 17.1. The average molecular weight is 364 g/mol.